The number of halogens is 1. The van der Waals surface area contributed by atoms with Crippen LogP contribution < -0.4 is 10.1 Å². The molecule has 0 aliphatic carbocycles. The maximum atomic E-state index is 13.2. The predicted molar refractivity (Wildman–Crippen MR) is 91.5 cm³/mol. The van der Waals surface area contributed by atoms with Crippen LogP contribution in [0.3, 0.4) is 0 Å². The lowest BCUT2D eigenvalue weighted by atomic mass is 10.00. The first-order valence-electron chi connectivity index (χ1n) is 7.85. The Labute approximate surface area is 145 Å². The molecule has 2 aromatic carbocycles. The number of carboxylic acid groups (broad SMARTS) is 1. The van der Waals surface area contributed by atoms with Gasteiger partial charge in [0.1, 0.15) is 11.6 Å². The second kappa shape index (κ2) is 8.28. The van der Waals surface area contributed by atoms with E-state index in [1.54, 1.807) is 25.1 Å². The van der Waals surface area contributed by atoms with Gasteiger partial charge in [-0.3, -0.25) is 4.79 Å². The van der Waals surface area contributed by atoms with Crippen molar-refractivity contribution in [1.82, 2.24) is 5.32 Å². The highest BCUT2D eigenvalue weighted by atomic mass is 19.1. The van der Waals surface area contributed by atoms with Crippen LogP contribution in [-0.4, -0.2) is 30.6 Å². The second-order valence-corrected chi connectivity index (χ2v) is 5.65. The number of rotatable bonds is 7. The Bertz CT molecular complexity index is 776. The Kier molecular flexibility index (Phi) is 6.11. The third-order valence-corrected chi connectivity index (χ3v) is 3.97. The predicted octanol–water partition coefficient (Wildman–Crippen LogP) is 2.99. The maximum Gasteiger partial charge on any atom is 0.335 e. The van der Waals surface area contributed by atoms with E-state index in [1.165, 1.54) is 31.4 Å². The summed E-state index contributed by atoms with van der Waals surface area (Å²) in [5.41, 5.74) is 1.55. The molecule has 1 amide bonds. The molecule has 0 saturated heterocycles. The highest BCUT2D eigenvalue weighted by Crippen LogP contribution is 2.21. The summed E-state index contributed by atoms with van der Waals surface area (Å²) in [6, 6.07) is 10.6. The molecule has 5 nitrogen and oxygen atoms in total. The Morgan fingerprint density at radius 2 is 2.00 bits per heavy atom. The minimum absolute atomic E-state index is 0.143. The Hall–Kier alpha value is -2.89. The standard InChI is InChI=1S/C19H20FNO4/c1-12(14-4-3-5-16(20)10-14)18(22)21-9-8-13-6-7-15(19(23)24)11-17(13)25-2/h3-7,10-12H,8-9H2,1-2H3,(H,21,22)(H,23,24). The molecule has 25 heavy (non-hydrogen) atoms. The highest BCUT2D eigenvalue weighted by Gasteiger charge is 2.16. The van der Waals surface area contributed by atoms with E-state index in [2.05, 4.69) is 5.32 Å². The van der Waals surface area contributed by atoms with Crippen LogP contribution in [0.15, 0.2) is 42.5 Å². The van der Waals surface area contributed by atoms with E-state index >= 15 is 0 Å². The van der Waals surface area contributed by atoms with Crippen molar-refractivity contribution in [3.8, 4) is 5.75 Å². The van der Waals surface area contributed by atoms with E-state index in [-0.39, 0.29) is 17.3 Å². The second-order valence-electron chi connectivity index (χ2n) is 5.65. The smallest absolute Gasteiger partial charge is 0.335 e. The minimum atomic E-state index is -1.03. The molecule has 0 fully saturated rings. The van der Waals surface area contributed by atoms with Gasteiger partial charge in [-0.1, -0.05) is 18.2 Å². The zero-order valence-corrected chi connectivity index (χ0v) is 14.1. The number of nitrogens with one attached hydrogen (secondary N) is 1. The first-order valence-corrected chi connectivity index (χ1v) is 7.85. The van der Waals surface area contributed by atoms with Crippen molar-refractivity contribution < 1.29 is 23.8 Å². The third-order valence-electron chi connectivity index (χ3n) is 3.97. The Balaban J connectivity index is 1.96. The van der Waals surface area contributed by atoms with Gasteiger partial charge in [0.25, 0.3) is 0 Å². The molecule has 0 aliphatic rings. The number of carbonyl (C=O) groups excluding carboxylic acids is 1. The quantitative estimate of drug-likeness (QED) is 0.809. The normalized spacial score (nSPS) is 11.6. The van der Waals surface area contributed by atoms with Crippen LogP contribution in [0.4, 0.5) is 4.39 Å². The van der Waals surface area contributed by atoms with Crippen molar-refractivity contribution in [2.45, 2.75) is 19.3 Å². The van der Waals surface area contributed by atoms with Gasteiger partial charge in [0.05, 0.1) is 18.6 Å². The molecule has 0 bridgehead atoms. The molecule has 0 aliphatic heterocycles. The number of aromatic carboxylic acids is 1. The van der Waals surface area contributed by atoms with E-state index in [4.69, 9.17) is 9.84 Å². The Morgan fingerprint density at radius 1 is 1.24 bits per heavy atom. The summed E-state index contributed by atoms with van der Waals surface area (Å²) >= 11 is 0. The van der Waals surface area contributed by atoms with Crippen molar-refractivity contribution in [2.24, 2.45) is 0 Å². The zero-order valence-electron chi connectivity index (χ0n) is 14.1. The molecule has 6 heteroatoms. The van der Waals surface area contributed by atoms with Crippen LogP contribution in [-0.2, 0) is 11.2 Å². The third kappa shape index (κ3) is 4.79. The first-order chi connectivity index (χ1) is 11.9. The minimum Gasteiger partial charge on any atom is -0.496 e. The van der Waals surface area contributed by atoms with Gasteiger partial charge >= 0.3 is 5.97 Å². The van der Waals surface area contributed by atoms with Gasteiger partial charge in [0.15, 0.2) is 0 Å². The average molecular weight is 345 g/mol. The van der Waals surface area contributed by atoms with E-state index < -0.39 is 11.9 Å². The maximum absolute atomic E-state index is 13.2. The molecule has 0 radical (unpaired) electrons. The molecule has 1 unspecified atom stereocenters. The van der Waals surface area contributed by atoms with Crippen molar-refractivity contribution in [3.63, 3.8) is 0 Å². The van der Waals surface area contributed by atoms with Gasteiger partial charge in [-0.05, 0) is 48.7 Å². The molecule has 0 saturated carbocycles. The lowest BCUT2D eigenvalue weighted by Gasteiger charge is -2.14. The molecule has 0 aromatic heterocycles. The summed E-state index contributed by atoms with van der Waals surface area (Å²) in [4.78, 5) is 23.2. The van der Waals surface area contributed by atoms with E-state index in [1.807, 2.05) is 0 Å². The van der Waals surface area contributed by atoms with Crippen LogP contribution in [0.25, 0.3) is 0 Å². The van der Waals surface area contributed by atoms with Crippen LogP contribution in [0.1, 0.15) is 34.3 Å². The summed E-state index contributed by atoms with van der Waals surface area (Å²) in [7, 11) is 1.47. The van der Waals surface area contributed by atoms with Gasteiger partial charge in [-0.15, -0.1) is 0 Å². The van der Waals surface area contributed by atoms with Crippen molar-refractivity contribution in [3.05, 3.63) is 65.0 Å². The van der Waals surface area contributed by atoms with Crippen molar-refractivity contribution >= 4 is 11.9 Å². The number of carboxylic acids is 1. The molecule has 0 heterocycles. The molecule has 2 N–H and O–H groups in total. The van der Waals surface area contributed by atoms with Crippen molar-refractivity contribution in [1.29, 1.82) is 0 Å². The number of hydrogen-bond donors (Lipinski definition) is 2. The molecule has 132 valence electrons. The number of ether oxygens (including phenoxy) is 1. The topological polar surface area (TPSA) is 75.6 Å². The van der Waals surface area contributed by atoms with Gasteiger partial charge in [0, 0.05) is 6.54 Å². The van der Waals surface area contributed by atoms with Crippen LogP contribution >= 0.6 is 0 Å². The SMILES string of the molecule is COc1cc(C(=O)O)ccc1CCNC(=O)C(C)c1cccc(F)c1. The summed E-state index contributed by atoms with van der Waals surface area (Å²) in [6.45, 7) is 2.08. The lowest BCUT2D eigenvalue weighted by molar-refractivity contribution is -0.122. The number of methoxy groups -OCH3 is 1. The summed E-state index contributed by atoms with van der Waals surface area (Å²) in [5, 5.41) is 11.8. The van der Waals surface area contributed by atoms with Crippen LogP contribution in [0.5, 0.6) is 5.75 Å². The largest absolute Gasteiger partial charge is 0.496 e. The zero-order chi connectivity index (χ0) is 18.4. The number of benzene rings is 2. The fraction of sp³-hybridized carbons (Fsp3) is 0.263. The van der Waals surface area contributed by atoms with E-state index in [0.717, 1.165) is 5.56 Å². The van der Waals surface area contributed by atoms with Crippen LogP contribution in [0, 0.1) is 5.82 Å². The average Bonchev–Trinajstić information content (AvgIpc) is 2.60. The molecule has 2 aromatic rings. The fourth-order valence-corrected chi connectivity index (χ4v) is 2.48. The van der Waals surface area contributed by atoms with Gasteiger partial charge in [-0.2, -0.15) is 0 Å². The van der Waals surface area contributed by atoms with Gasteiger partial charge < -0.3 is 15.2 Å². The summed E-state index contributed by atoms with van der Waals surface area (Å²) in [5.74, 6) is -1.60. The molecular formula is C19H20FNO4. The summed E-state index contributed by atoms with van der Waals surface area (Å²) in [6.07, 6.45) is 0.491. The molecule has 2 rings (SSSR count). The summed E-state index contributed by atoms with van der Waals surface area (Å²) < 4.78 is 18.5. The molecular weight excluding hydrogens is 325 g/mol. The van der Waals surface area contributed by atoms with E-state index in [0.29, 0.717) is 24.3 Å². The fourth-order valence-electron chi connectivity index (χ4n) is 2.48. The number of carbonyl (C=O) groups is 2. The van der Waals surface area contributed by atoms with E-state index in [9.17, 15) is 14.0 Å². The molecule has 1 atom stereocenters. The highest BCUT2D eigenvalue weighted by molar-refractivity contribution is 5.88. The number of amides is 1. The van der Waals surface area contributed by atoms with Gasteiger partial charge in [-0.25, -0.2) is 9.18 Å². The van der Waals surface area contributed by atoms with Crippen molar-refractivity contribution in [2.75, 3.05) is 13.7 Å². The Morgan fingerprint density at radius 3 is 2.64 bits per heavy atom. The van der Waals surface area contributed by atoms with Gasteiger partial charge in [0.2, 0.25) is 5.91 Å². The molecule has 0 spiro atoms. The first kappa shape index (κ1) is 18.4. The number of hydrogen-bond acceptors (Lipinski definition) is 3. The monoisotopic (exact) mass is 345 g/mol. The lowest BCUT2D eigenvalue weighted by Crippen LogP contribution is -2.30. The van der Waals surface area contributed by atoms with Crippen LogP contribution in [0.2, 0.25) is 0 Å².